The number of amides is 1. The van der Waals surface area contributed by atoms with Crippen LogP contribution >= 0.6 is 0 Å². The summed E-state index contributed by atoms with van der Waals surface area (Å²) >= 11 is 0. The topological polar surface area (TPSA) is 52.6 Å². The minimum absolute atomic E-state index is 0.167. The Morgan fingerprint density at radius 3 is 2.41 bits per heavy atom. The van der Waals surface area contributed by atoms with Gasteiger partial charge in [-0.25, -0.2) is 0 Å². The Bertz CT molecular complexity index is 258. The van der Waals surface area contributed by atoms with Gasteiger partial charge in [0.05, 0.1) is 13.1 Å². The Balaban J connectivity index is 2.15. The van der Waals surface area contributed by atoms with Gasteiger partial charge < -0.3 is 15.3 Å². The van der Waals surface area contributed by atoms with Crippen molar-refractivity contribution in [2.24, 2.45) is 5.92 Å². The van der Waals surface area contributed by atoms with Crippen LogP contribution in [0.3, 0.4) is 0 Å². The first-order valence-electron chi connectivity index (χ1n) is 6.58. The lowest BCUT2D eigenvalue weighted by atomic mass is 9.83. The Labute approximate surface area is 104 Å². The molecule has 1 fully saturated rings. The molecule has 4 heteroatoms. The second-order valence-electron chi connectivity index (χ2n) is 5.72. The van der Waals surface area contributed by atoms with E-state index in [0.29, 0.717) is 25.6 Å². The Morgan fingerprint density at radius 2 is 1.94 bits per heavy atom. The fraction of sp³-hybridized carbons (Fsp3) is 0.923. The van der Waals surface area contributed by atoms with Crippen LogP contribution in [-0.2, 0) is 4.79 Å². The first kappa shape index (κ1) is 14.5. The van der Waals surface area contributed by atoms with Crippen LogP contribution in [0.15, 0.2) is 0 Å². The Kier molecular flexibility index (Phi) is 4.95. The largest absolute Gasteiger partial charge is 0.386 e. The predicted octanol–water partition coefficient (Wildman–Crippen LogP) is 0.994. The summed E-state index contributed by atoms with van der Waals surface area (Å²) in [5.74, 6) is 0.384. The van der Waals surface area contributed by atoms with Crippen molar-refractivity contribution in [2.75, 3.05) is 19.6 Å². The summed E-state index contributed by atoms with van der Waals surface area (Å²) < 4.78 is 0. The highest BCUT2D eigenvalue weighted by atomic mass is 16.3. The molecule has 0 atom stereocenters. The summed E-state index contributed by atoms with van der Waals surface area (Å²) in [5.41, 5.74) is -0.647. The molecule has 0 bridgehead atoms. The molecule has 1 aliphatic rings. The maximum atomic E-state index is 11.8. The van der Waals surface area contributed by atoms with Crippen molar-refractivity contribution < 1.29 is 9.90 Å². The second-order valence-corrected chi connectivity index (χ2v) is 5.72. The van der Waals surface area contributed by atoms with Crippen LogP contribution in [0.1, 0.15) is 40.5 Å². The molecule has 0 spiro atoms. The van der Waals surface area contributed by atoms with Crippen LogP contribution in [0.4, 0.5) is 0 Å². The van der Waals surface area contributed by atoms with Gasteiger partial charge in [0.15, 0.2) is 0 Å². The van der Waals surface area contributed by atoms with E-state index in [0.717, 1.165) is 13.0 Å². The van der Waals surface area contributed by atoms with Gasteiger partial charge in [0.2, 0.25) is 5.91 Å². The maximum absolute atomic E-state index is 11.8. The predicted molar refractivity (Wildman–Crippen MR) is 68.7 cm³/mol. The molecule has 0 aromatic rings. The average molecular weight is 242 g/mol. The third kappa shape index (κ3) is 3.96. The highest BCUT2D eigenvalue weighted by Crippen LogP contribution is 2.28. The van der Waals surface area contributed by atoms with Crippen molar-refractivity contribution in [1.29, 1.82) is 0 Å². The third-order valence-electron chi connectivity index (χ3n) is 3.48. The molecule has 1 heterocycles. The zero-order valence-electron chi connectivity index (χ0n) is 11.5. The number of rotatable bonds is 6. The van der Waals surface area contributed by atoms with E-state index in [2.05, 4.69) is 19.2 Å². The van der Waals surface area contributed by atoms with Crippen molar-refractivity contribution in [2.45, 2.75) is 52.2 Å². The standard InChI is InChI=1S/C13H26N2O2/c1-10(2)13(17)8-15(9-13)12(16)6-5-7-14-11(3)4/h10-11,14,17H,5-9H2,1-4H3. The Hall–Kier alpha value is -0.610. The lowest BCUT2D eigenvalue weighted by Gasteiger charge is -2.49. The van der Waals surface area contributed by atoms with E-state index in [-0.39, 0.29) is 11.8 Å². The van der Waals surface area contributed by atoms with E-state index < -0.39 is 5.60 Å². The molecule has 100 valence electrons. The summed E-state index contributed by atoms with van der Waals surface area (Å²) in [5, 5.41) is 13.3. The molecule has 0 radical (unpaired) electrons. The zero-order chi connectivity index (χ0) is 13.1. The molecule has 0 unspecified atom stereocenters. The number of aliphatic hydroxyl groups is 1. The quantitative estimate of drug-likeness (QED) is 0.683. The molecule has 1 amide bonds. The van der Waals surface area contributed by atoms with Crippen LogP contribution in [-0.4, -0.2) is 47.2 Å². The van der Waals surface area contributed by atoms with Gasteiger partial charge in [0.1, 0.15) is 5.60 Å². The smallest absolute Gasteiger partial charge is 0.222 e. The molecule has 1 aliphatic heterocycles. The van der Waals surface area contributed by atoms with Gasteiger partial charge in [-0.3, -0.25) is 4.79 Å². The van der Waals surface area contributed by atoms with Gasteiger partial charge in [0.25, 0.3) is 0 Å². The fourth-order valence-electron chi connectivity index (χ4n) is 1.94. The normalized spacial score (nSPS) is 18.6. The average Bonchev–Trinajstić information content (AvgIpc) is 2.18. The minimum Gasteiger partial charge on any atom is -0.386 e. The lowest BCUT2D eigenvalue weighted by Crippen LogP contribution is -2.65. The van der Waals surface area contributed by atoms with Crippen LogP contribution in [0.5, 0.6) is 0 Å². The number of likely N-dealkylation sites (tertiary alicyclic amines) is 1. The van der Waals surface area contributed by atoms with Gasteiger partial charge >= 0.3 is 0 Å². The highest BCUT2D eigenvalue weighted by Gasteiger charge is 2.45. The first-order chi connectivity index (χ1) is 7.85. The number of nitrogens with zero attached hydrogens (tertiary/aromatic N) is 1. The molecule has 4 nitrogen and oxygen atoms in total. The number of carbonyl (C=O) groups is 1. The summed E-state index contributed by atoms with van der Waals surface area (Å²) in [6.45, 7) is 10.1. The van der Waals surface area contributed by atoms with Crippen molar-refractivity contribution in [3.8, 4) is 0 Å². The molecule has 17 heavy (non-hydrogen) atoms. The molecule has 0 aliphatic carbocycles. The molecule has 0 saturated carbocycles. The van der Waals surface area contributed by atoms with E-state index in [1.54, 1.807) is 4.90 Å². The molecule has 1 rings (SSSR count). The Morgan fingerprint density at radius 1 is 1.35 bits per heavy atom. The van der Waals surface area contributed by atoms with E-state index in [1.165, 1.54) is 0 Å². The van der Waals surface area contributed by atoms with Crippen molar-refractivity contribution in [1.82, 2.24) is 10.2 Å². The molecular weight excluding hydrogens is 216 g/mol. The molecule has 0 aromatic carbocycles. The maximum Gasteiger partial charge on any atom is 0.222 e. The van der Waals surface area contributed by atoms with Crippen molar-refractivity contribution in [3.05, 3.63) is 0 Å². The molecule has 1 saturated heterocycles. The summed E-state index contributed by atoms with van der Waals surface area (Å²) in [6, 6.07) is 0.472. The van der Waals surface area contributed by atoms with E-state index in [4.69, 9.17) is 0 Å². The minimum atomic E-state index is -0.647. The zero-order valence-corrected chi connectivity index (χ0v) is 11.5. The molecule has 2 N–H and O–H groups in total. The number of nitrogens with one attached hydrogen (secondary N) is 1. The fourth-order valence-corrected chi connectivity index (χ4v) is 1.94. The number of hydrogen-bond donors (Lipinski definition) is 2. The summed E-state index contributed by atoms with van der Waals surface area (Å²) in [7, 11) is 0. The van der Waals surface area contributed by atoms with Gasteiger partial charge in [-0.2, -0.15) is 0 Å². The number of β-amino-alcohol motifs (C(OH)–C–C–N with tert-alkyl or cyclic N) is 1. The van der Waals surface area contributed by atoms with Crippen molar-refractivity contribution in [3.63, 3.8) is 0 Å². The lowest BCUT2D eigenvalue weighted by molar-refractivity contribution is -0.163. The van der Waals surface area contributed by atoms with Gasteiger partial charge in [-0.15, -0.1) is 0 Å². The van der Waals surface area contributed by atoms with Gasteiger partial charge in [-0.1, -0.05) is 27.7 Å². The van der Waals surface area contributed by atoms with Gasteiger partial charge in [0, 0.05) is 12.5 Å². The SMILES string of the molecule is CC(C)NCCCC(=O)N1CC(O)(C(C)C)C1. The van der Waals surface area contributed by atoms with E-state index in [9.17, 15) is 9.90 Å². The van der Waals surface area contributed by atoms with E-state index in [1.807, 2.05) is 13.8 Å². The second kappa shape index (κ2) is 5.83. The van der Waals surface area contributed by atoms with E-state index >= 15 is 0 Å². The van der Waals surface area contributed by atoms with Crippen LogP contribution in [0.2, 0.25) is 0 Å². The number of carbonyl (C=O) groups excluding carboxylic acids is 1. The van der Waals surface area contributed by atoms with Crippen LogP contribution < -0.4 is 5.32 Å². The van der Waals surface area contributed by atoms with Gasteiger partial charge in [-0.05, 0) is 18.9 Å². The highest BCUT2D eigenvalue weighted by molar-refractivity contribution is 5.77. The summed E-state index contributed by atoms with van der Waals surface area (Å²) in [6.07, 6.45) is 1.45. The number of hydrogen-bond acceptors (Lipinski definition) is 3. The monoisotopic (exact) mass is 242 g/mol. The first-order valence-corrected chi connectivity index (χ1v) is 6.58. The van der Waals surface area contributed by atoms with Crippen LogP contribution in [0, 0.1) is 5.92 Å². The molecular formula is C13H26N2O2. The van der Waals surface area contributed by atoms with Crippen molar-refractivity contribution >= 4 is 5.91 Å². The molecule has 0 aromatic heterocycles. The van der Waals surface area contributed by atoms with Crippen LogP contribution in [0.25, 0.3) is 0 Å². The summed E-state index contributed by atoms with van der Waals surface area (Å²) in [4.78, 5) is 13.5. The third-order valence-corrected chi connectivity index (χ3v) is 3.48.